The molecule has 30 heavy (non-hydrogen) atoms. The molecule has 6 rings (SSSR count). The van der Waals surface area contributed by atoms with Crippen LogP contribution in [0.5, 0.6) is 0 Å². The summed E-state index contributed by atoms with van der Waals surface area (Å²) >= 11 is 0. The van der Waals surface area contributed by atoms with Crippen LogP contribution in [0, 0.1) is 35.6 Å². The second kappa shape index (κ2) is 6.28. The van der Waals surface area contributed by atoms with Gasteiger partial charge in [-0.3, -0.25) is 0 Å². The Balaban J connectivity index is 2.05. The van der Waals surface area contributed by atoms with Gasteiger partial charge in [-0.25, -0.2) is 0 Å². The maximum Gasteiger partial charge on any atom is 0.129 e. The Hall–Kier alpha value is -3.44. The van der Waals surface area contributed by atoms with Gasteiger partial charge in [0.1, 0.15) is 18.9 Å². The monoisotopic (exact) mass is 398 g/mol. The standard InChI is InChI=1S/C29H22Si/c1-5-6-19-28-22-13-7-10-16-25(22)29(20-21-30(2,3)4,26-17-11-8-14-23(26)28)27-18-12-9-15-24(27)28/h1,7-18H,2-4H3. The van der Waals surface area contributed by atoms with Crippen LogP contribution in [0.25, 0.3) is 0 Å². The summed E-state index contributed by atoms with van der Waals surface area (Å²) < 4.78 is 0. The Morgan fingerprint density at radius 2 is 0.933 bits per heavy atom. The van der Waals surface area contributed by atoms with Crippen molar-refractivity contribution in [3.63, 3.8) is 0 Å². The van der Waals surface area contributed by atoms with Crippen LogP contribution in [0.4, 0.5) is 0 Å². The van der Waals surface area contributed by atoms with E-state index in [1.165, 1.54) is 33.4 Å². The van der Waals surface area contributed by atoms with Crippen LogP contribution in [-0.4, -0.2) is 8.07 Å². The van der Waals surface area contributed by atoms with Crippen LogP contribution in [0.15, 0.2) is 72.8 Å². The smallest absolute Gasteiger partial charge is 0.129 e. The van der Waals surface area contributed by atoms with E-state index in [1.54, 1.807) is 0 Å². The third-order valence-electron chi connectivity index (χ3n) is 6.15. The molecule has 0 unspecified atom stereocenters. The highest BCUT2D eigenvalue weighted by Gasteiger charge is 2.57. The lowest BCUT2D eigenvalue weighted by atomic mass is 9.47. The summed E-state index contributed by atoms with van der Waals surface area (Å²) in [6.45, 7) is 6.90. The van der Waals surface area contributed by atoms with E-state index < -0.39 is 18.9 Å². The van der Waals surface area contributed by atoms with Gasteiger partial charge in [0.15, 0.2) is 0 Å². The largest absolute Gasteiger partial charge is 0.130 e. The van der Waals surface area contributed by atoms with E-state index in [-0.39, 0.29) is 0 Å². The van der Waals surface area contributed by atoms with E-state index in [9.17, 15) is 0 Å². The van der Waals surface area contributed by atoms with Gasteiger partial charge in [0.05, 0.1) is 0 Å². The zero-order valence-corrected chi connectivity index (χ0v) is 18.5. The Labute approximate surface area is 180 Å². The first kappa shape index (κ1) is 18.6. The minimum Gasteiger partial charge on any atom is -0.130 e. The molecule has 0 saturated heterocycles. The molecule has 142 valence electrons. The van der Waals surface area contributed by atoms with E-state index in [1.807, 2.05) is 0 Å². The summed E-state index contributed by atoms with van der Waals surface area (Å²) in [7, 11) is -1.61. The molecule has 0 heterocycles. The second-order valence-corrected chi connectivity index (χ2v) is 13.8. The molecule has 3 aromatic carbocycles. The summed E-state index contributed by atoms with van der Waals surface area (Å²) in [5.74, 6) is 12.9. The van der Waals surface area contributed by atoms with E-state index in [0.717, 1.165) is 0 Å². The molecular formula is C29H22Si. The van der Waals surface area contributed by atoms with Crippen molar-refractivity contribution >= 4 is 8.07 Å². The minimum atomic E-state index is -1.61. The molecule has 0 fully saturated rings. The lowest BCUT2D eigenvalue weighted by molar-refractivity contribution is 0.606. The molecule has 0 N–H and O–H groups in total. The molecule has 3 aromatic rings. The molecule has 3 aliphatic rings. The summed E-state index contributed by atoms with van der Waals surface area (Å²) in [5, 5.41) is 0. The van der Waals surface area contributed by atoms with Crippen LogP contribution in [-0.2, 0) is 10.8 Å². The topological polar surface area (TPSA) is 0 Å². The van der Waals surface area contributed by atoms with Gasteiger partial charge in [-0.2, -0.15) is 0 Å². The number of hydrogen-bond donors (Lipinski definition) is 0. The van der Waals surface area contributed by atoms with Crippen molar-refractivity contribution in [2.75, 3.05) is 0 Å². The van der Waals surface area contributed by atoms with E-state index in [2.05, 4.69) is 122 Å². The van der Waals surface area contributed by atoms with E-state index in [0.29, 0.717) is 0 Å². The van der Waals surface area contributed by atoms with Gasteiger partial charge in [0.25, 0.3) is 0 Å². The van der Waals surface area contributed by atoms with Gasteiger partial charge in [-0.1, -0.05) is 104 Å². The summed E-state index contributed by atoms with van der Waals surface area (Å²) in [5.41, 5.74) is 9.97. The zero-order chi connectivity index (χ0) is 21.0. The summed E-state index contributed by atoms with van der Waals surface area (Å²) in [6.07, 6.45) is 5.61. The molecule has 0 aromatic heterocycles. The summed E-state index contributed by atoms with van der Waals surface area (Å²) in [4.78, 5) is 0. The van der Waals surface area contributed by atoms with Gasteiger partial charge in [0.2, 0.25) is 0 Å². The number of rotatable bonds is 0. The molecule has 0 radical (unpaired) electrons. The van der Waals surface area contributed by atoms with E-state index >= 15 is 0 Å². The normalized spacial score (nSPS) is 22.2. The highest BCUT2D eigenvalue weighted by molar-refractivity contribution is 6.83. The molecular weight excluding hydrogens is 376 g/mol. The highest BCUT2D eigenvalue weighted by atomic mass is 28.3. The van der Waals surface area contributed by atoms with Gasteiger partial charge < -0.3 is 0 Å². The fourth-order valence-electron chi connectivity index (χ4n) is 5.10. The number of benzene rings is 3. The first-order chi connectivity index (χ1) is 14.4. The van der Waals surface area contributed by atoms with Crippen molar-refractivity contribution in [2.24, 2.45) is 0 Å². The van der Waals surface area contributed by atoms with Crippen LogP contribution in [0.2, 0.25) is 19.6 Å². The van der Waals surface area contributed by atoms with Crippen LogP contribution in [0.3, 0.4) is 0 Å². The molecule has 0 amide bonds. The average Bonchev–Trinajstić information content (AvgIpc) is 2.76. The Morgan fingerprint density at radius 1 is 0.600 bits per heavy atom. The molecule has 0 aliphatic heterocycles. The lowest BCUT2D eigenvalue weighted by Crippen LogP contribution is -2.50. The van der Waals surface area contributed by atoms with Crippen molar-refractivity contribution in [1.82, 2.24) is 0 Å². The lowest BCUT2D eigenvalue weighted by Gasteiger charge is -2.52. The van der Waals surface area contributed by atoms with Crippen LogP contribution >= 0.6 is 0 Å². The van der Waals surface area contributed by atoms with Gasteiger partial charge in [-0.15, -0.1) is 12.0 Å². The average molecular weight is 399 g/mol. The molecule has 2 bridgehead atoms. The second-order valence-electron chi connectivity index (χ2n) is 9.03. The third-order valence-corrected chi connectivity index (χ3v) is 7.03. The highest BCUT2D eigenvalue weighted by Crippen LogP contribution is 2.61. The SMILES string of the molecule is C#CC#CC12c3ccccc3C(C#C[Si](C)(C)C)(c3ccccc31)c1ccccc12. The van der Waals surface area contributed by atoms with Crippen LogP contribution < -0.4 is 0 Å². The van der Waals surface area contributed by atoms with Crippen molar-refractivity contribution in [2.45, 2.75) is 30.5 Å². The fourth-order valence-corrected chi connectivity index (χ4v) is 5.66. The first-order valence-corrected chi connectivity index (χ1v) is 13.8. The Morgan fingerprint density at radius 3 is 1.23 bits per heavy atom. The van der Waals surface area contributed by atoms with Crippen LogP contribution in [0.1, 0.15) is 33.4 Å². The minimum absolute atomic E-state index is 0.483. The van der Waals surface area contributed by atoms with Crippen molar-refractivity contribution < 1.29 is 0 Å². The van der Waals surface area contributed by atoms with Gasteiger partial charge in [-0.05, 0) is 45.2 Å². The molecule has 1 heteroatoms. The maximum atomic E-state index is 5.61. The van der Waals surface area contributed by atoms with E-state index in [4.69, 9.17) is 6.42 Å². The van der Waals surface area contributed by atoms with Gasteiger partial charge in [0, 0.05) is 0 Å². The summed E-state index contributed by atoms with van der Waals surface area (Å²) in [6, 6.07) is 26.0. The first-order valence-electron chi connectivity index (χ1n) is 10.3. The quantitative estimate of drug-likeness (QED) is 0.346. The third kappa shape index (κ3) is 2.27. The van der Waals surface area contributed by atoms with Crippen molar-refractivity contribution in [1.29, 1.82) is 0 Å². The van der Waals surface area contributed by atoms with Crippen molar-refractivity contribution in [3.05, 3.63) is 106 Å². The molecule has 0 nitrogen and oxygen atoms in total. The zero-order valence-electron chi connectivity index (χ0n) is 17.5. The predicted octanol–water partition coefficient (Wildman–Crippen LogP) is 5.50. The maximum absolute atomic E-state index is 5.61. The molecule has 0 saturated carbocycles. The molecule has 0 spiro atoms. The predicted molar refractivity (Wildman–Crippen MR) is 127 cm³/mol. The van der Waals surface area contributed by atoms with Gasteiger partial charge >= 0.3 is 0 Å². The van der Waals surface area contributed by atoms with Crippen molar-refractivity contribution in [3.8, 4) is 35.6 Å². The Bertz CT molecular complexity index is 1230. The molecule has 0 atom stereocenters. The number of hydrogen-bond acceptors (Lipinski definition) is 0. The molecule has 3 aliphatic carbocycles. The number of terminal acetylenes is 1. The fraction of sp³-hybridized carbons (Fsp3) is 0.172. The Kier molecular flexibility index (Phi) is 3.89.